The van der Waals surface area contributed by atoms with Crippen molar-refractivity contribution in [2.24, 2.45) is 0 Å². The Morgan fingerprint density at radius 1 is 1.19 bits per heavy atom. The van der Waals surface area contributed by atoms with Gasteiger partial charge in [0.05, 0.1) is 6.61 Å². The second-order valence-electron chi connectivity index (χ2n) is 6.53. The van der Waals surface area contributed by atoms with Crippen LogP contribution < -0.4 is 10.1 Å². The first-order valence-corrected chi connectivity index (χ1v) is 8.11. The lowest BCUT2D eigenvalue weighted by atomic mass is 9.98. The van der Waals surface area contributed by atoms with Crippen molar-refractivity contribution in [1.29, 1.82) is 0 Å². The average Bonchev–Trinajstić information content (AvgIpc) is 2.75. The molecule has 0 aromatic heterocycles. The highest BCUT2D eigenvalue weighted by atomic mass is 16.5. The Morgan fingerprint density at radius 2 is 2.05 bits per heavy atom. The van der Waals surface area contributed by atoms with Crippen LogP contribution in [-0.2, 0) is 17.6 Å². The van der Waals surface area contributed by atoms with Crippen molar-refractivity contribution in [2.45, 2.75) is 51.6 Å². The highest BCUT2D eigenvalue weighted by Gasteiger charge is 2.29. The summed E-state index contributed by atoms with van der Waals surface area (Å²) in [6, 6.07) is 6.70. The Balaban J connectivity index is 1.64. The van der Waals surface area contributed by atoms with Crippen LogP contribution in [0.3, 0.4) is 0 Å². The van der Waals surface area contributed by atoms with Crippen molar-refractivity contribution in [3.05, 3.63) is 29.3 Å². The van der Waals surface area contributed by atoms with Crippen LogP contribution in [0.2, 0.25) is 0 Å². The molecule has 1 aromatic carbocycles. The van der Waals surface area contributed by atoms with E-state index >= 15 is 0 Å². The van der Waals surface area contributed by atoms with Gasteiger partial charge in [0.15, 0.2) is 0 Å². The molecule has 118 valence electrons. The molecule has 1 aromatic rings. The predicted molar refractivity (Wildman–Crippen MR) is 87.2 cm³/mol. The van der Waals surface area contributed by atoms with Gasteiger partial charge in [-0.05, 0) is 56.8 Å². The molecule has 1 heterocycles. The molecule has 0 saturated carbocycles. The van der Waals surface area contributed by atoms with Crippen LogP contribution in [-0.4, -0.2) is 32.4 Å². The van der Waals surface area contributed by atoms with Crippen molar-refractivity contribution in [1.82, 2.24) is 5.32 Å². The lowest BCUT2D eigenvalue weighted by molar-refractivity contribution is 0.138. The van der Waals surface area contributed by atoms with Gasteiger partial charge in [0, 0.05) is 20.1 Å². The minimum Gasteiger partial charge on any atom is -0.487 e. The maximum Gasteiger partial charge on any atom is 0.123 e. The molecule has 0 amide bonds. The molecule has 21 heavy (non-hydrogen) atoms. The van der Waals surface area contributed by atoms with E-state index in [1.54, 1.807) is 7.11 Å². The third-order valence-electron chi connectivity index (χ3n) is 3.93. The first-order valence-electron chi connectivity index (χ1n) is 8.11. The Hall–Kier alpha value is -1.06. The van der Waals surface area contributed by atoms with Crippen molar-refractivity contribution in [3.63, 3.8) is 0 Å². The fourth-order valence-electron chi connectivity index (χ4n) is 2.87. The van der Waals surface area contributed by atoms with E-state index in [2.05, 4.69) is 37.4 Å². The Bertz CT molecular complexity index is 443. The fraction of sp³-hybridized carbons (Fsp3) is 0.667. The van der Waals surface area contributed by atoms with E-state index in [9.17, 15) is 0 Å². The van der Waals surface area contributed by atoms with Gasteiger partial charge in [0.25, 0.3) is 0 Å². The third-order valence-corrected chi connectivity index (χ3v) is 3.93. The van der Waals surface area contributed by atoms with E-state index in [1.165, 1.54) is 36.8 Å². The van der Waals surface area contributed by atoms with Crippen molar-refractivity contribution >= 4 is 0 Å². The molecule has 0 bridgehead atoms. The van der Waals surface area contributed by atoms with Crippen molar-refractivity contribution in [3.8, 4) is 5.75 Å². The summed E-state index contributed by atoms with van der Waals surface area (Å²) in [7, 11) is 1.74. The molecule has 1 N–H and O–H groups in total. The van der Waals surface area contributed by atoms with Gasteiger partial charge in [-0.3, -0.25) is 0 Å². The van der Waals surface area contributed by atoms with Crippen LogP contribution in [0.1, 0.15) is 44.2 Å². The normalized spacial score (nSPS) is 15.8. The third kappa shape index (κ3) is 5.33. The predicted octanol–water partition coefficient (Wildman–Crippen LogP) is 3.35. The molecule has 1 aliphatic rings. The molecule has 0 saturated heterocycles. The lowest BCUT2D eigenvalue weighted by Crippen LogP contribution is -2.24. The molecular formula is C18H29NO2. The van der Waals surface area contributed by atoms with Crippen LogP contribution in [0.5, 0.6) is 5.75 Å². The van der Waals surface area contributed by atoms with Crippen LogP contribution in [0.15, 0.2) is 18.2 Å². The minimum atomic E-state index is -0.0329. The van der Waals surface area contributed by atoms with E-state index in [4.69, 9.17) is 9.47 Å². The molecule has 2 rings (SSSR count). The summed E-state index contributed by atoms with van der Waals surface area (Å²) >= 11 is 0. The Morgan fingerprint density at radius 3 is 2.86 bits per heavy atom. The second-order valence-corrected chi connectivity index (χ2v) is 6.53. The fourth-order valence-corrected chi connectivity index (χ4v) is 2.87. The molecule has 0 radical (unpaired) electrons. The molecular weight excluding hydrogens is 262 g/mol. The highest BCUT2D eigenvalue weighted by molar-refractivity contribution is 5.41. The van der Waals surface area contributed by atoms with Gasteiger partial charge >= 0.3 is 0 Å². The first kappa shape index (κ1) is 16.3. The monoisotopic (exact) mass is 291 g/mol. The molecule has 0 fully saturated rings. The summed E-state index contributed by atoms with van der Waals surface area (Å²) in [6.07, 6.45) is 5.98. The number of fused-ring (bicyclic) bond motifs is 1. The average molecular weight is 291 g/mol. The first-order chi connectivity index (χ1) is 10.1. The summed E-state index contributed by atoms with van der Waals surface area (Å²) in [5.41, 5.74) is 2.79. The number of ether oxygens (including phenoxy) is 2. The number of nitrogens with one attached hydrogen (secondary N) is 1. The van der Waals surface area contributed by atoms with Gasteiger partial charge in [-0.25, -0.2) is 0 Å². The molecule has 0 atom stereocenters. The summed E-state index contributed by atoms with van der Waals surface area (Å²) in [6.45, 7) is 7.16. The van der Waals surface area contributed by atoms with Crippen LogP contribution in [0, 0.1) is 0 Å². The standard InChI is InChI=1S/C18H29NO2/c1-18(2)14-16-13-15(8-9-17(16)21-18)7-5-4-6-10-19-11-12-20-3/h8-9,13,19H,4-7,10-12,14H2,1-3H3. The minimum absolute atomic E-state index is 0.0329. The summed E-state index contributed by atoms with van der Waals surface area (Å²) in [5, 5.41) is 3.39. The summed E-state index contributed by atoms with van der Waals surface area (Å²) in [4.78, 5) is 0. The molecule has 3 heteroatoms. The van der Waals surface area contributed by atoms with Gasteiger partial charge in [0.1, 0.15) is 11.4 Å². The van der Waals surface area contributed by atoms with Gasteiger partial charge in [-0.2, -0.15) is 0 Å². The zero-order chi connectivity index (χ0) is 15.1. The number of unbranched alkanes of at least 4 members (excludes halogenated alkanes) is 2. The zero-order valence-electron chi connectivity index (χ0n) is 13.7. The molecule has 0 unspecified atom stereocenters. The van der Waals surface area contributed by atoms with E-state index in [0.29, 0.717) is 0 Å². The Labute approximate surface area is 129 Å². The maximum atomic E-state index is 5.92. The number of benzene rings is 1. The molecule has 0 spiro atoms. The SMILES string of the molecule is COCCNCCCCCc1ccc2c(c1)CC(C)(C)O2. The highest BCUT2D eigenvalue weighted by Crippen LogP contribution is 2.35. The van der Waals surface area contributed by atoms with Gasteiger partial charge in [-0.15, -0.1) is 0 Å². The summed E-state index contributed by atoms with van der Waals surface area (Å²) < 4.78 is 10.9. The van der Waals surface area contributed by atoms with Crippen molar-refractivity contribution in [2.75, 3.05) is 26.8 Å². The second kappa shape index (κ2) is 7.81. The van der Waals surface area contributed by atoms with E-state index in [0.717, 1.165) is 31.9 Å². The smallest absolute Gasteiger partial charge is 0.123 e. The number of hydrogen-bond acceptors (Lipinski definition) is 3. The number of hydrogen-bond donors (Lipinski definition) is 1. The van der Waals surface area contributed by atoms with Crippen LogP contribution in [0.4, 0.5) is 0 Å². The number of aryl methyl sites for hydroxylation is 1. The molecule has 0 aliphatic carbocycles. The van der Waals surface area contributed by atoms with E-state index in [1.807, 2.05) is 0 Å². The van der Waals surface area contributed by atoms with Crippen LogP contribution in [0.25, 0.3) is 0 Å². The van der Waals surface area contributed by atoms with E-state index in [-0.39, 0.29) is 5.60 Å². The number of rotatable bonds is 9. The molecule has 1 aliphatic heterocycles. The largest absolute Gasteiger partial charge is 0.487 e. The summed E-state index contributed by atoms with van der Waals surface area (Å²) in [5.74, 6) is 1.08. The van der Waals surface area contributed by atoms with Gasteiger partial charge in [-0.1, -0.05) is 18.6 Å². The topological polar surface area (TPSA) is 30.5 Å². The van der Waals surface area contributed by atoms with Gasteiger partial charge in [0.2, 0.25) is 0 Å². The zero-order valence-corrected chi connectivity index (χ0v) is 13.7. The maximum absolute atomic E-state index is 5.92. The van der Waals surface area contributed by atoms with Crippen molar-refractivity contribution < 1.29 is 9.47 Å². The van der Waals surface area contributed by atoms with Crippen LogP contribution >= 0.6 is 0 Å². The van der Waals surface area contributed by atoms with E-state index < -0.39 is 0 Å². The quantitative estimate of drug-likeness (QED) is 0.708. The lowest BCUT2D eigenvalue weighted by Gasteiger charge is -2.16. The molecule has 3 nitrogen and oxygen atoms in total. The Kier molecular flexibility index (Phi) is 6.07. The number of methoxy groups -OCH3 is 1. The van der Waals surface area contributed by atoms with Gasteiger partial charge < -0.3 is 14.8 Å².